The van der Waals surface area contributed by atoms with E-state index in [-0.39, 0.29) is 30.4 Å². The number of halogens is 1. The lowest BCUT2D eigenvalue weighted by molar-refractivity contribution is -0.121. The van der Waals surface area contributed by atoms with E-state index >= 15 is 0 Å². The van der Waals surface area contributed by atoms with Crippen molar-refractivity contribution in [3.05, 3.63) is 33.1 Å². The maximum atomic E-state index is 11.6. The van der Waals surface area contributed by atoms with Gasteiger partial charge in [-0.3, -0.25) is 18.7 Å². The molecule has 1 amide bonds. The molecule has 0 saturated heterocycles. The van der Waals surface area contributed by atoms with Crippen molar-refractivity contribution < 1.29 is 4.79 Å². The first-order valence-electron chi connectivity index (χ1n) is 5.80. The topological polar surface area (TPSA) is 85.1 Å². The van der Waals surface area contributed by atoms with Crippen LogP contribution in [-0.2, 0) is 18.4 Å². The molecule has 0 radical (unpaired) electrons. The minimum atomic E-state index is -0.496. The molecule has 0 aliphatic rings. The van der Waals surface area contributed by atoms with E-state index in [4.69, 9.17) is 0 Å². The molecule has 0 fully saturated rings. The van der Waals surface area contributed by atoms with Gasteiger partial charge in [-0.1, -0.05) is 6.92 Å². The molecule has 0 saturated carbocycles. The van der Waals surface area contributed by atoms with Crippen LogP contribution in [0.15, 0.2) is 21.9 Å². The molecule has 19 heavy (non-hydrogen) atoms. The van der Waals surface area contributed by atoms with Crippen molar-refractivity contribution in [2.45, 2.75) is 13.5 Å². The molecule has 108 valence electrons. The smallest absolute Gasteiger partial charge is 0.331 e. The Morgan fingerprint density at radius 1 is 1.32 bits per heavy atom. The van der Waals surface area contributed by atoms with Crippen molar-refractivity contribution in [2.75, 3.05) is 19.6 Å². The second-order valence-corrected chi connectivity index (χ2v) is 3.83. The van der Waals surface area contributed by atoms with Crippen LogP contribution in [0.4, 0.5) is 0 Å². The van der Waals surface area contributed by atoms with Gasteiger partial charge in [0.05, 0.1) is 0 Å². The first-order valence-corrected chi connectivity index (χ1v) is 5.80. The quantitative estimate of drug-likeness (QED) is 0.638. The monoisotopic (exact) mass is 290 g/mol. The summed E-state index contributed by atoms with van der Waals surface area (Å²) in [6.45, 7) is 3.93. The zero-order chi connectivity index (χ0) is 13.5. The van der Waals surface area contributed by atoms with Crippen LogP contribution in [0, 0.1) is 0 Å². The molecular weight excluding hydrogens is 272 g/mol. The van der Waals surface area contributed by atoms with E-state index in [1.165, 1.54) is 23.9 Å². The Morgan fingerprint density at radius 2 is 2.00 bits per heavy atom. The molecule has 0 bridgehead atoms. The molecule has 7 nitrogen and oxygen atoms in total. The van der Waals surface area contributed by atoms with Gasteiger partial charge in [0.1, 0.15) is 6.54 Å². The van der Waals surface area contributed by atoms with E-state index in [1.54, 1.807) is 0 Å². The molecule has 1 aromatic rings. The van der Waals surface area contributed by atoms with Crippen LogP contribution in [0.1, 0.15) is 6.92 Å². The van der Waals surface area contributed by atoms with Crippen LogP contribution in [0.5, 0.6) is 0 Å². The summed E-state index contributed by atoms with van der Waals surface area (Å²) in [5.74, 6) is -0.256. The second kappa shape index (κ2) is 8.49. The maximum Gasteiger partial charge on any atom is 0.331 e. The van der Waals surface area contributed by atoms with E-state index in [0.717, 1.165) is 11.1 Å². The number of rotatable bonds is 6. The summed E-state index contributed by atoms with van der Waals surface area (Å²) in [5.41, 5.74) is -0.881. The molecule has 1 heterocycles. The summed E-state index contributed by atoms with van der Waals surface area (Å²) in [6, 6.07) is 1.26. The van der Waals surface area contributed by atoms with Gasteiger partial charge in [-0.05, 0) is 6.54 Å². The Balaban J connectivity index is 0.00000324. The highest BCUT2D eigenvalue weighted by atomic mass is 35.5. The van der Waals surface area contributed by atoms with Crippen molar-refractivity contribution in [1.29, 1.82) is 0 Å². The predicted molar refractivity (Wildman–Crippen MR) is 74.7 cm³/mol. The number of amides is 1. The Morgan fingerprint density at radius 3 is 2.63 bits per heavy atom. The maximum absolute atomic E-state index is 11.6. The van der Waals surface area contributed by atoms with Crippen molar-refractivity contribution in [3.8, 4) is 0 Å². The first-order chi connectivity index (χ1) is 8.56. The molecule has 2 N–H and O–H groups in total. The third-order valence-electron chi connectivity index (χ3n) is 2.45. The number of aromatic nitrogens is 2. The fourth-order valence-corrected chi connectivity index (χ4v) is 1.41. The molecule has 1 aromatic heterocycles. The highest BCUT2D eigenvalue weighted by Gasteiger charge is 2.05. The highest BCUT2D eigenvalue weighted by molar-refractivity contribution is 5.85. The van der Waals surface area contributed by atoms with Gasteiger partial charge in [-0.15, -0.1) is 12.4 Å². The van der Waals surface area contributed by atoms with Gasteiger partial charge in [0, 0.05) is 32.4 Å². The number of hydrogen-bond acceptors (Lipinski definition) is 4. The fraction of sp³-hybridized carbons (Fsp3) is 0.545. The lowest BCUT2D eigenvalue weighted by Gasteiger charge is -2.08. The molecule has 0 atom stereocenters. The van der Waals surface area contributed by atoms with Crippen LogP contribution in [0.3, 0.4) is 0 Å². The Hall–Kier alpha value is -1.60. The second-order valence-electron chi connectivity index (χ2n) is 3.83. The van der Waals surface area contributed by atoms with Gasteiger partial charge in [-0.25, -0.2) is 4.79 Å². The summed E-state index contributed by atoms with van der Waals surface area (Å²) in [4.78, 5) is 34.3. The number of nitrogens with zero attached hydrogens (tertiary/aromatic N) is 2. The van der Waals surface area contributed by atoms with E-state index < -0.39 is 5.69 Å². The van der Waals surface area contributed by atoms with Gasteiger partial charge in [-0.2, -0.15) is 0 Å². The van der Waals surface area contributed by atoms with Crippen LogP contribution >= 0.6 is 12.4 Å². The van der Waals surface area contributed by atoms with Crippen molar-refractivity contribution in [2.24, 2.45) is 7.05 Å². The van der Waals surface area contributed by atoms with E-state index in [1.807, 2.05) is 6.92 Å². The fourth-order valence-electron chi connectivity index (χ4n) is 1.41. The van der Waals surface area contributed by atoms with Crippen LogP contribution < -0.4 is 21.9 Å². The van der Waals surface area contributed by atoms with E-state index in [0.29, 0.717) is 13.1 Å². The summed E-state index contributed by atoms with van der Waals surface area (Å²) < 4.78 is 2.16. The number of carbonyl (C=O) groups is 1. The lowest BCUT2D eigenvalue weighted by atomic mass is 10.5. The van der Waals surface area contributed by atoms with Crippen LogP contribution in [0.2, 0.25) is 0 Å². The Labute approximate surface area is 117 Å². The standard InChI is InChI=1S/C11H18N4O3.ClH/c1-3-12-5-6-13-9(16)8-15-7-4-10(17)14(2)11(15)18;/h4,7,12H,3,5-6,8H2,1-2H3,(H,13,16);1H. The summed E-state index contributed by atoms with van der Waals surface area (Å²) in [5, 5.41) is 5.75. The van der Waals surface area contributed by atoms with Gasteiger partial charge in [0.15, 0.2) is 0 Å². The zero-order valence-electron chi connectivity index (χ0n) is 11.0. The molecule has 1 rings (SSSR count). The van der Waals surface area contributed by atoms with Crippen molar-refractivity contribution >= 4 is 18.3 Å². The summed E-state index contributed by atoms with van der Waals surface area (Å²) >= 11 is 0. The summed E-state index contributed by atoms with van der Waals surface area (Å²) in [7, 11) is 1.38. The SMILES string of the molecule is CCNCCNC(=O)Cn1ccc(=O)n(C)c1=O.Cl. The van der Waals surface area contributed by atoms with Gasteiger partial charge < -0.3 is 10.6 Å². The molecule has 0 aliphatic carbocycles. The van der Waals surface area contributed by atoms with Gasteiger partial charge in [0.25, 0.3) is 5.56 Å². The predicted octanol–water partition coefficient (Wildman–Crippen LogP) is -1.31. The minimum Gasteiger partial charge on any atom is -0.353 e. The third kappa shape index (κ3) is 5.27. The van der Waals surface area contributed by atoms with Crippen LogP contribution in [0.25, 0.3) is 0 Å². The largest absolute Gasteiger partial charge is 0.353 e. The molecular formula is C11H19ClN4O3. The minimum absolute atomic E-state index is 0. The molecule has 0 spiro atoms. The van der Waals surface area contributed by atoms with Crippen molar-refractivity contribution in [3.63, 3.8) is 0 Å². The number of hydrogen-bond donors (Lipinski definition) is 2. The molecule has 8 heteroatoms. The molecule has 0 aromatic carbocycles. The van der Waals surface area contributed by atoms with Crippen LogP contribution in [-0.4, -0.2) is 34.7 Å². The van der Waals surface area contributed by atoms with E-state index in [9.17, 15) is 14.4 Å². The van der Waals surface area contributed by atoms with Gasteiger partial charge in [0.2, 0.25) is 5.91 Å². The van der Waals surface area contributed by atoms with Crippen molar-refractivity contribution in [1.82, 2.24) is 19.8 Å². The number of nitrogens with one attached hydrogen (secondary N) is 2. The molecule has 0 aliphatic heterocycles. The number of carbonyl (C=O) groups excluding carboxylic acids is 1. The highest BCUT2D eigenvalue weighted by Crippen LogP contribution is 1.78. The van der Waals surface area contributed by atoms with Gasteiger partial charge >= 0.3 is 5.69 Å². The normalized spacial score (nSPS) is 9.79. The Bertz CT molecular complexity index is 523. The average molecular weight is 291 g/mol. The molecule has 0 unspecified atom stereocenters. The van der Waals surface area contributed by atoms with E-state index in [2.05, 4.69) is 10.6 Å². The number of likely N-dealkylation sites (N-methyl/N-ethyl adjacent to an activating group) is 1. The lowest BCUT2D eigenvalue weighted by Crippen LogP contribution is -2.41. The zero-order valence-corrected chi connectivity index (χ0v) is 11.8. The summed E-state index contributed by atoms with van der Waals surface area (Å²) in [6.07, 6.45) is 1.33. The Kier molecular flexibility index (Phi) is 7.78. The average Bonchev–Trinajstić information content (AvgIpc) is 2.35. The first kappa shape index (κ1) is 17.4. The third-order valence-corrected chi connectivity index (χ3v) is 2.45.